The Labute approximate surface area is 123 Å². The average Bonchev–Trinajstić information content (AvgIpc) is 3.10. The third-order valence-electron chi connectivity index (χ3n) is 3.74. The van der Waals surface area contributed by atoms with Crippen LogP contribution in [0.25, 0.3) is 21.8 Å². The van der Waals surface area contributed by atoms with E-state index < -0.39 is 0 Å². The smallest absolute Gasteiger partial charge is 0.226 e. The van der Waals surface area contributed by atoms with Crippen LogP contribution >= 0.6 is 0 Å². The summed E-state index contributed by atoms with van der Waals surface area (Å²) in [5, 5.41) is 2.61. The Hall–Kier alpha value is -2.55. The molecule has 0 atom stereocenters. The summed E-state index contributed by atoms with van der Waals surface area (Å²) in [5.74, 6) is 0.208. The number of H-pyrrole nitrogens is 1. The number of hydrogen-bond donors (Lipinski definition) is 1. The monoisotopic (exact) mass is 278 g/mol. The van der Waals surface area contributed by atoms with Crippen molar-refractivity contribution in [1.82, 2.24) is 9.88 Å². The number of amides is 1. The maximum atomic E-state index is 10.7. The van der Waals surface area contributed by atoms with Crippen LogP contribution in [0.3, 0.4) is 0 Å². The molecule has 1 N–H and O–H groups in total. The molecule has 21 heavy (non-hydrogen) atoms. The minimum absolute atomic E-state index is 0.208. The van der Waals surface area contributed by atoms with Gasteiger partial charge in [0.25, 0.3) is 0 Å². The number of nitrogens with zero attached hydrogens (tertiary/aromatic N) is 1. The number of likely N-dealkylation sites (tertiary alicyclic amines) is 1. The van der Waals surface area contributed by atoms with Crippen molar-refractivity contribution in [2.45, 2.75) is 12.8 Å². The number of nitrogens with one attached hydrogen (secondary N) is 1. The highest BCUT2D eigenvalue weighted by Crippen LogP contribution is 2.24. The molecule has 3 aromatic rings. The largest absolute Gasteiger partial charge is 0.355 e. The van der Waals surface area contributed by atoms with E-state index in [1.807, 2.05) is 0 Å². The van der Waals surface area contributed by atoms with Crippen LogP contribution in [-0.4, -0.2) is 22.3 Å². The Morgan fingerprint density at radius 1 is 1.00 bits per heavy atom. The van der Waals surface area contributed by atoms with E-state index in [0.29, 0.717) is 6.42 Å². The first-order valence-corrected chi connectivity index (χ1v) is 7.17. The zero-order chi connectivity index (χ0) is 14.7. The molecule has 2 aromatic carbocycles. The first-order valence-electron chi connectivity index (χ1n) is 7.17. The summed E-state index contributed by atoms with van der Waals surface area (Å²) in [6.07, 6.45) is 3.28. The minimum atomic E-state index is 0.208. The van der Waals surface area contributed by atoms with Crippen molar-refractivity contribution in [1.29, 1.82) is 0 Å². The van der Waals surface area contributed by atoms with Gasteiger partial charge in [0.05, 0.1) is 0 Å². The number of para-hydroxylation sites is 2. The SMILES string of the molecule is C=CN1CCCC1=O.c1ccc2c(c1)[nH]c1ccccc12. The van der Waals surface area contributed by atoms with Gasteiger partial charge >= 0.3 is 0 Å². The fourth-order valence-electron chi connectivity index (χ4n) is 2.66. The first kappa shape index (κ1) is 13.4. The van der Waals surface area contributed by atoms with Gasteiger partial charge in [-0.15, -0.1) is 0 Å². The van der Waals surface area contributed by atoms with E-state index in [2.05, 4.69) is 60.1 Å². The highest BCUT2D eigenvalue weighted by Gasteiger charge is 2.16. The van der Waals surface area contributed by atoms with E-state index in [4.69, 9.17) is 0 Å². The van der Waals surface area contributed by atoms with Gasteiger partial charge < -0.3 is 9.88 Å². The summed E-state index contributed by atoms with van der Waals surface area (Å²) in [7, 11) is 0. The third-order valence-corrected chi connectivity index (χ3v) is 3.74. The van der Waals surface area contributed by atoms with Crippen LogP contribution in [0.4, 0.5) is 0 Å². The number of aromatic nitrogens is 1. The maximum Gasteiger partial charge on any atom is 0.226 e. The lowest BCUT2D eigenvalue weighted by Gasteiger charge is -2.05. The molecule has 3 heteroatoms. The van der Waals surface area contributed by atoms with Gasteiger partial charge in [-0.3, -0.25) is 4.79 Å². The van der Waals surface area contributed by atoms with Crippen LogP contribution < -0.4 is 0 Å². The van der Waals surface area contributed by atoms with E-state index >= 15 is 0 Å². The van der Waals surface area contributed by atoms with E-state index in [1.54, 1.807) is 11.1 Å². The molecule has 1 amide bonds. The Bertz CT molecular complexity index is 738. The topological polar surface area (TPSA) is 36.1 Å². The van der Waals surface area contributed by atoms with Crippen molar-refractivity contribution in [3.63, 3.8) is 0 Å². The predicted octanol–water partition coefficient (Wildman–Crippen LogP) is 4.07. The van der Waals surface area contributed by atoms with Crippen LogP contribution in [0.2, 0.25) is 0 Å². The minimum Gasteiger partial charge on any atom is -0.355 e. The number of rotatable bonds is 1. The number of hydrogen-bond acceptors (Lipinski definition) is 1. The van der Waals surface area contributed by atoms with Crippen LogP contribution in [0.5, 0.6) is 0 Å². The van der Waals surface area contributed by atoms with Crippen LogP contribution in [0, 0.1) is 0 Å². The van der Waals surface area contributed by atoms with E-state index in [1.165, 1.54) is 21.8 Å². The van der Waals surface area contributed by atoms with Gasteiger partial charge in [0.1, 0.15) is 0 Å². The highest BCUT2D eigenvalue weighted by molar-refractivity contribution is 6.06. The molecule has 2 heterocycles. The predicted molar refractivity (Wildman–Crippen MR) is 86.9 cm³/mol. The summed E-state index contributed by atoms with van der Waals surface area (Å²) < 4.78 is 0. The first-order chi connectivity index (χ1) is 10.3. The molecular weight excluding hydrogens is 260 g/mol. The summed E-state index contributed by atoms with van der Waals surface area (Å²) in [5.41, 5.74) is 2.42. The average molecular weight is 278 g/mol. The fourth-order valence-corrected chi connectivity index (χ4v) is 2.66. The van der Waals surface area contributed by atoms with Gasteiger partial charge in [0.15, 0.2) is 0 Å². The molecule has 0 unspecified atom stereocenters. The van der Waals surface area contributed by atoms with Crippen molar-refractivity contribution < 1.29 is 4.79 Å². The summed E-state index contributed by atoms with van der Waals surface area (Å²) >= 11 is 0. The molecule has 0 spiro atoms. The molecular formula is C18H18N2O. The van der Waals surface area contributed by atoms with Gasteiger partial charge in [0.2, 0.25) is 5.91 Å². The number of carbonyl (C=O) groups excluding carboxylic acids is 1. The number of benzene rings is 2. The zero-order valence-electron chi connectivity index (χ0n) is 11.9. The molecule has 1 aliphatic rings. The van der Waals surface area contributed by atoms with Crippen LogP contribution in [-0.2, 0) is 4.79 Å². The van der Waals surface area contributed by atoms with Gasteiger partial charge in [0, 0.05) is 34.8 Å². The van der Waals surface area contributed by atoms with Crippen LogP contribution in [0.15, 0.2) is 61.3 Å². The Balaban J connectivity index is 0.000000143. The van der Waals surface area contributed by atoms with Crippen LogP contribution in [0.1, 0.15) is 12.8 Å². The summed E-state index contributed by atoms with van der Waals surface area (Å²) in [6, 6.07) is 16.8. The van der Waals surface area contributed by atoms with Crippen molar-refractivity contribution in [3.8, 4) is 0 Å². The Morgan fingerprint density at radius 2 is 1.57 bits per heavy atom. The second kappa shape index (κ2) is 5.83. The van der Waals surface area contributed by atoms with Crippen molar-refractivity contribution in [3.05, 3.63) is 61.3 Å². The summed E-state index contributed by atoms with van der Waals surface area (Å²) in [4.78, 5) is 15.7. The molecule has 1 fully saturated rings. The lowest BCUT2D eigenvalue weighted by atomic mass is 10.2. The number of fused-ring (bicyclic) bond motifs is 3. The molecule has 1 aliphatic heterocycles. The molecule has 3 nitrogen and oxygen atoms in total. The number of aromatic amines is 1. The van der Waals surface area contributed by atoms with Crippen molar-refractivity contribution >= 4 is 27.7 Å². The maximum absolute atomic E-state index is 10.7. The van der Waals surface area contributed by atoms with Crippen molar-refractivity contribution in [2.75, 3.05) is 6.54 Å². The molecule has 0 aliphatic carbocycles. The molecule has 4 rings (SSSR count). The standard InChI is InChI=1S/C12H9N.C6H9NO/c1-3-7-11-9(5-1)10-6-2-4-8-12(10)13-11;1-2-7-5-3-4-6(7)8/h1-8,13H;2H,1,3-5H2. The van der Waals surface area contributed by atoms with E-state index in [9.17, 15) is 4.79 Å². The number of carbonyl (C=O) groups is 1. The fraction of sp³-hybridized carbons (Fsp3) is 0.167. The van der Waals surface area contributed by atoms with E-state index in [0.717, 1.165) is 13.0 Å². The zero-order valence-corrected chi connectivity index (χ0v) is 11.9. The normalized spacial score (nSPS) is 14.3. The quantitative estimate of drug-likeness (QED) is 0.715. The highest BCUT2D eigenvalue weighted by atomic mass is 16.2. The Morgan fingerprint density at radius 3 is 2.00 bits per heavy atom. The Kier molecular flexibility index (Phi) is 3.73. The van der Waals surface area contributed by atoms with E-state index in [-0.39, 0.29) is 5.91 Å². The second-order valence-electron chi connectivity index (χ2n) is 5.09. The molecule has 0 bridgehead atoms. The van der Waals surface area contributed by atoms with Gasteiger partial charge in [-0.25, -0.2) is 0 Å². The molecule has 1 aromatic heterocycles. The molecule has 1 saturated heterocycles. The van der Waals surface area contributed by atoms with Gasteiger partial charge in [-0.05, 0) is 24.8 Å². The summed E-state index contributed by atoms with van der Waals surface area (Å²) in [6.45, 7) is 4.36. The third kappa shape index (κ3) is 2.68. The van der Waals surface area contributed by atoms with Gasteiger partial charge in [-0.1, -0.05) is 43.0 Å². The molecule has 0 saturated carbocycles. The molecule has 106 valence electrons. The molecule has 0 radical (unpaired) electrons. The van der Waals surface area contributed by atoms with Gasteiger partial charge in [-0.2, -0.15) is 0 Å². The lowest BCUT2D eigenvalue weighted by molar-refractivity contribution is -0.125. The lowest BCUT2D eigenvalue weighted by Crippen LogP contribution is -2.16. The van der Waals surface area contributed by atoms with Crippen molar-refractivity contribution in [2.24, 2.45) is 0 Å². The second-order valence-corrected chi connectivity index (χ2v) is 5.09.